The molecule has 0 aliphatic carbocycles. The van der Waals surface area contributed by atoms with Crippen LogP contribution in [0.2, 0.25) is 10.0 Å². The third-order valence-corrected chi connectivity index (χ3v) is 6.10. The number of morpholine rings is 1. The van der Waals surface area contributed by atoms with E-state index in [0.717, 1.165) is 31.7 Å². The standard InChI is InChI=1S/C19H27Cl2N3O2/c1-14(17-4-3-16(20)13-18(17)21)22-5-7-23(8-6-22)15(2)19(25)24-9-11-26-12-10-24/h3-4,13-15H,5-12H2,1-2H3. The van der Waals surface area contributed by atoms with Gasteiger partial charge in [0.2, 0.25) is 5.91 Å². The van der Waals surface area contributed by atoms with Crippen LogP contribution in [0.5, 0.6) is 0 Å². The van der Waals surface area contributed by atoms with Crippen LogP contribution in [0.4, 0.5) is 0 Å². The van der Waals surface area contributed by atoms with Crippen LogP contribution in [0.1, 0.15) is 25.5 Å². The van der Waals surface area contributed by atoms with E-state index in [0.29, 0.717) is 36.3 Å². The summed E-state index contributed by atoms with van der Waals surface area (Å²) >= 11 is 12.4. The number of carbonyl (C=O) groups excluding carboxylic acids is 1. The predicted molar refractivity (Wildman–Crippen MR) is 105 cm³/mol. The molecule has 2 saturated heterocycles. The molecule has 0 spiro atoms. The third-order valence-electron chi connectivity index (χ3n) is 5.54. The second-order valence-corrected chi connectivity index (χ2v) is 7.87. The van der Waals surface area contributed by atoms with Gasteiger partial charge in [-0.2, -0.15) is 0 Å². The average molecular weight is 400 g/mol. The Kier molecular flexibility index (Phi) is 6.81. The lowest BCUT2D eigenvalue weighted by Crippen LogP contribution is -2.56. The van der Waals surface area contributed by atoms with Crippen molar-refractivity contribution in [3.05, 3.63) is 33.8 Å². The smallest absolute Gasteiger partial charge is 0.239 e. The Labute approximate surface area is 165 Å². The molecule has 7 heteroatoms. The maximum atomic E-state index is 12.7. The van der Waals surface area contributed by atoms with Crippen LogP contribution in [0.3, 0.4) is 0 Å². The van der Waals surface area contributed by atoms with Crippen LogP contribution < -0.4 is 0 Å². The number of rotatable bonds is 4. The molecule has 2 atom stereocenters. The lowest BCUT2D eigenvalue weighted by Gasteiger charge is -2.41. The van der Waals surface area contributed by atoms with Crippen molar-refractivity contribution in [3.8, 4) is 0 Å². The molecule has 26 heavy (non-hydrogen) atoms. The van der Waals surface area contributed by atoms with Crippen molar-refractivity contribution in [2.45, 2.75) is 25.9 Å². The molecule has 0 aromatic heterocycles. The molecule has 2 aliphatic rings. The first kappa shape index (κ1) is 19.9. The van der Waals surface area contributed by atoms with Gasteiger partial charge in [0.1, 0.15) is 0 Å². The van der Waals surface area contributed by atoms with E-state index >= 15 is 0 Å². The molecule has 2 aliphatic heterocycles. The zero-order valence-corrected chi connectivity index (χ0v) is 17.0. The monoisotopic (exact) mass is 399 g/mol. The molecule has 144 valence electrons. The maximum absolute atomic E-state index is 12.7. The van der Waals surface area contributed by atoms with Gasteiger partial charge in [-0.15, -0.1) is 0 Å². The number of benzene rings is 1. The van der Waals surface area contributed by atoms with E-state index in [1.54, 1.807) is 6.07 Å². The summed E-state index contributed by atoms with van der Waals surface area (Å²) in [7, 11) is 0. The molecule has 0 saturated carbocycles. The number of halogens is 2. The van der Waals surface area contributed by atoms with Crippen LogP contribution in [0.25, 0.3) is 0 Å². The van der Waals surface area contributed by atoms with E-state index in [-0.39, 0.29) is 18.0 Å². The van der Waals surface area contributed by atoms with E-state index in [1.165, 1.54) is 0 Å². The Hall–Kier alpha value is -0.850. The van der Waals surface area contributed by atoms with Crippen molar-refractivity contribution in [3.63, 3.8) is 0 Å². The van der Waals surface area contributed by atoms with Crippen molar-refractivity contribution < 1.29 is 9.53 Å². The minimum Gasteiger partial charge on any atom is -0.378 e. The molecule has 5 nitrogen and oxygen atoms in total. The van der Waals surface area contributed by atoms with E-state index in [4.69, 9.17) is 27.9 Å². The summed E-state index contributed by atoms with van der Waals surface area (Å²) in [6, 6.07) is 5.84. The van der Waals surface area contributed by atoms with Gasteiger partial charge in [0, 0.05) is 55.4 Å². The summed E-state index contributed by atoms with van der Waals surface area (Å²) in [5.41, 5.74) is 1.10. The fourth-order valence-corrected chi connectivity index (χ4v) is 4.32. The van der Waals surface area contributed by atoms with Crippen LogP contribution in [-0.4, -0.2) is 79.1 Å². The fourth-order valence-electron chi connectivity index (χ4n) is 3.75. The van der Waals surface area contributed by atoms with Gasteiger partial charge in [-0.1, -0.05) is 29.3 Å². The van der Waals surface area contributed by atoms with Gasteiger partial charge in [0.25, 0.3) is 0 Å². The number of hydrogen-bond donors (Lipinski definition) is 0. The Balaban J connectivity index is 1.55. The molecule has 1 aromatic carbocycles. The van der Waals surface area contributed by atoms with Gasteiger partial charge in [-0.05, 0) is 31.5 Å². The summed E-state index contributed by atoms with van der Waals surface area (Å²) in [5.74, 6) is 0.218. The highest BCUT2D eigenvalue weighted by Gasteiger charge is 2.31. The van der Waals surface area contributed by atoms with Crippen LogP contribution in [-0.2, 0) is 9.53 Å². The third kappa shape index (κ3) is 4.52. The Morgan fingerprint density at radius 3 is 2.23 bits per heavy atom. The molecule has 0 N–H and O–H groups in total. The highest BCUT2D eigenvalue weighted by molar-refractivity contribution is 6.35. The van der Waals surface area contributed by atoms with E-state index < -0.39 is 0 Å². The number of hydrogen-bond acceptors (Lipinski definition) is 4. The summed E-state index contributed by atoms with van der Waals surface area (Å²) < 4.78 is 5.34. The molecule has 0 bridgehead atoms. The molecular formula is C19H27Cl2N3O2. The Bertz CT molecular complexity index is 629. The topological polar surface area (TPSA) is 36.0 Å². The zero-order chi connectivity index (χ0) is 18.7. The van der Waals surface area contributed by atoms with E-state index in [9.17, 15) is 4.79 Å². The molecule has 3 rings (SSSR count). The number of ether oxygens (including phenoxy) is 1. The second-order valence-electron chi connectivity index (χ2n) is 7.03. The van der Waals surface area contributed by atoms with Crippen molar-refractivity contribution in [2.24, 2.45) is 0 Å². The largest absolute Gasteiger partial charge is 0.378 e. The van der Waals surface area contributed by atoms with Crippen molar-refractivity contribution >= 4 is 29.1 Å². The van der Waals surface area contributed by atoms with Crippen LogP contribution in [0.15, 0.2) is 18.2 Å². The lowest BCUT2D eigenvalue weighted by atomic mass is 10.1. The molecule has 2 heterocycles. The predicted octanol–water partition coefficient (Wildman–Crippen LogP) is 2.92. The van der Waals surface area contributed by atoms with Crippen molar-refractivity contribution in [1.29, 1.82) is 0 Å². The molecule has 2 unspecified atom stereocenters. The number of piperazine rings is 1. The second kappa shape index (κ2) is 8.89. The first-order valence-corrected chi connectivity index (χ1v) is 10.0. The van der Waals surface area contributed by atoms with Crippen LogP contribution in [0, 0.1) is 0 Å². The van der Waals surface area contributed by atoms with Gasteiger partial charge in [-0.3, -0.25) is 14.6 Å². The SMILES string of the molecule is CC(C(=O)N1CCOCC1)N1CCN(C(C)c2ccc(Cl)cc2Cl)CC1. The minimum atomic E-state index is -0.0790. The highest BCUT2D eigenvalue weighted by Crippen LogP contribution is 2.30. The van der Waals surface area contributed by atoms with Crippen molar-refractivity contribution in [1.82, 2.24) is 14.7 Å². The molecule has 1 amide bonds. The van der Waals surface area contributed by atoms with E-state index in [2.05, 4.69) is 16.7 Å². The van der Waals surface area contributed by atoms with Gasteiger partial charge >= 0.3 is 0 Å². The highest BCUT2D eigenvalue weighted by atomic mass is 35.5. The Morgan fingerprint density at radius 2 is 1.62 bits per heavy atom. The van der Waals surface area contributed by atoms with Gasteiger partial charge in [0.05, 0.1) is 19.3 Å². The van der Waals surface area contributed by atoms with Crippen molar-refractivity contribution in [2.75, 3.05) is 52.5 Å². The van der Waals surface area contributed by atoms with Crippen LogP contribution >= 0.6 is 23.2 Å². The average Bonchev–Trinajstić information content (AvgIpc) is 2.67. The normalized spacial score (nSPS) is 22.2. The summed E-state index contributed by atoms with van der Waals surface area (Å²) in [5, 5.41) is 1.37. The maximum Gasteiger partial charge on any atom is 0.239 e. The Morgan fingerprint density at radius 1 is 1.00 bits per heavy atom. The zero-order valence-electron chi connectivity index (χ0n) is 15.5. The summed E-state index contributed by atoms with van der Waals surface area (Å²) in [4.78, 5) is 19.3. The fraction of sp³-hybridized carbons (Fsp3) is 0.632. The minimum absolute atomic E-state index is 0.0790. The molecule has 0 radical (unpaired) electrons. The van der Waals surface area contributed by atoms with Gasteiger partial charge < -0.3 is 9.64 Å². The quantitative estimate of drug-likeness (QED) is 0.779. The first-order valence-electron chi connectivity index (χ1n) is 9.27. The van der Waals surface area contributed by atoms with E-state index in [1.807, 2.05) is 24.0 Å². The van der Waals surface area contributed by atoms with Gasteiger partial charge in [-0.25, -0.2) is 0 Å². The first-order chi connectivity index (χ1) is 12.5. The summed E-state index contributed by atoms with van der Waals surface area (Å²) in [6.07, 6.45) is 0. The van der Waals surface area contributed by atoms with Gasteiger partial charge in [0.15, 0.2) is 0 Å². The molecule has 2 fully saturated rings. The lowest BCUT2D eigenvalue weighted by molar-refractivity contribution is -0.141. The number of nitrogens with zero attached hydrogens (tertiary/aromatic N) is 3. The number of amides is 1. The molecular weight excluding hydrogens is 373 g/mol. The molecule has 1 aromatic rings. The summed E-state index contributed by atoms with van der Waals surface area (Å²) in [6.45, 7) is 10.5. The number of carbonyl (C=O) groups is 1.